The SMILES string of the molecule is c1ccc(-c2ccc(N(c3ccc4c(ccc5ccc6c7ccccc7sc6c54)c3)c3ccc4c(ccc5ccc6c7ccccc7sc6c54)c3)cc2)cc1. The molecule has 0 aliphatic rings. The summed E-state index contributed by atoms with van der Waals surface area (Å²) in [6.45, 7) is 0. The molecular formula is C52H31NS2. The van der Waals surface area contributed by atoms with Gasteiger partial charge in [0, 0.05) is 68.2 Å². The first-order valence-electron chi connectivity index (χ1n) is 18.7. The van der Waals surface area contributed by atoms with Crippen LogP contribution >= 0.6 is 22.7 Å². The molecule has 0 fully saturated rings. The Balaban J connectivity index is 1.06. The van der Waals surface area contributed by atoms with Crippen LogP contribution in [0, 0.1) is 0 Å². The number of nitrogens with zero attached hydrogens (tertiary/aromatic N) is 1. The summed E-state index contributed by atoms with van der Waals surface area (Å²) in [4.78, 5) is 2.42. The Morgan fingerprint density at radius 1 is 0.291 bits per heavy atom. The lowest BCUT2D eigenvalue weighted by atomic mass is 9.98. The molecule has 12 aromatic rings. The zero-order chi connectivity index (χ0) is 36.0. The van der Waals surface area contributed by atoms with E-state index in [1.807, 2.05) is 22.7 Å². The van der Waals surface area contributed by atoms with E-state index in [4.69, 9.17) is 0 Å². The minimum Gasteiger partial charge on any atom is -0.310 e. The lowest BCUT2D eigenvalue weighted by Gasteiger charge is -2.27. The van der Waals surface area contributed by atoms with Crippen LogP contribution in [0.5, 0.6) is 0 Å². The predicted octanol–water partition coefficient (Wildman–Crippen LogP) is 16.2. The van der Waals surface area contributed by atoms with E-state index in [1.165, 1.54) is 94.6 Å². The Morgan fingerprint density at radius 2 is 0.709 bits per heavy atom. The Bertz CT molecular complexity index is 3290. The van der Waals surface area contributed by atoms with Crippen molar-refractivity contribution in [3.63, 3.8) is 0 Å². The van der Waals surface area contributed by atoms with Crippen molar-refractivity contribution in [2.75, 3.05) is 4.90 Å². The lowest BCUT2D eigenvalue weighted by molar-refractivity contribution is 1.29. The molecule has 0 atom stereocenters. The summed E-state index contributed by atoms with van der Waals surface area (Å²) in [7, 11) is 0. The number of thiophene rings is 2. The van der Waals surface area contributed by atoms with Crippen molar-refractivity contribution >= 4 is 123 Å². The van der Waals surface area contributed by atoms with E-state index >= 15 is 0 Å². The third-order valence-electron chi connectivity index (χ3n) is 11.4. The van der Waals surface area contributed by atoms with Crippen LogP contribution in [0.25, 0.3) is 94.6 Å². The summed E-state index contributed by atoms with van der Waals surface area (Å²) >= 11 is 3.81. The maximum absolute atomic E-state index is 2.42. The molecule has 2 aromatic heterocycles. The van der Waals surface area contributed by atoms with E-state index in [1.54, 1.807) is 0 Å². The van der Waals surface area contributed by atoms with E-state index in [0.717, 1.165) is 17.1 Å². The summed E-state index contributed by atoms with van der Waals surface area (Å²) in [5.74, 6) is 0. The first kappa shape index (κ1) is 30.9. The maximum atomic E-state index is 2.42. The quantitative estimate of drug-likeness (QED) is 0.163. The Kier molecular flexibility index (Phi) is 6.74. The minimum absolute atomic E-state index is 1.12. The van der Waals surface area contributed by atoms with Gasteiger partial charge in [0.2, 0.25) is 0 Å². The van der Waals surface area contributed by atoms with Gasteiger partial charge in [-0.2, -0.15) is 0 Å². The molecule has 10 aromatic carbocycles. The van der Waals surface area contributed by atoms with Gasteiger partial charge in [0.25, 0.3) is 0 Å². The molecule has 0 N–H and O–H groups in total. The van der Waals surface area contributed by atoms with E-state index in [0.29, 0.717) is 0 Å². The van der Waals surface area contributed by atoms with Crippen molar-refractivity contribution in [1.29, 1.82) is 0 Å². The van der Waals surface area contributed by atoms with Gasteiger partial charge in [-0.25, -0.2) is 0 Å². The Hall–Kier alpha value is -6.52. The van der Waals surface area contributed by atoms with E-state index < -0.39 is 0 Å². The molecule has 0 spiro atoms. The van der Waals surface area contributed by atoms with Crippen molar-refractivity contribution < 1.29 is 0 Å². The monoisotopic (exact) mass is 733 g/mol. The first-order chi connectivity index (χ1) is 27.2. The standard InChI is InChI=1S/C52H31NS2/c1-2-8-32(9-3-1)33-18-22-38(23-19-33)53(39-24-28-41-36(30-39)16-14-34-20-26-45-43-10-4-6-12-47(43)54-51(45)49(34)41)40-25-29-42-37(31-40)17-15-35-21-27-46-44-11-5-7-13-48(44)55-52(46)50(35)42/h1-31H. The second kappa shape index (κ2) is 12.0. The van der Waals surface area contributed by atoms with Gasteiger partial charge in [-0.15, -0.1) is 22.7 Å². The third-order valence-corrected chi connectivity index (χ3v) is 13.8. The van der Waals surface area contributed by atoms with Gasteiger partial charge < -0.3 is 4.90 Å². The highest BCUT2D eigenvalue weighted by Gasteiger charge is 2.18. The van der Waals surface area contributed by atoms with E-state index in [9.17, 15) is 0 Å². The second-order valence-corrected chi connectivity index (χ2v) is 16.6. The van der Waals surface area contributed by atoms with Crippen molar-refractivity contribution in [3.05, 3.63) is 188 Å². The fourth-order valence-electron chi connectivity index (χ4n) is 8.79. The van der Waals surface area contributed by atoms with Gasteiger partial charge in [-0.3, -0.25) is 0 Å². The van der Waals surface area contributed by atoms with Gasteiger partial charge in [0.1, 0.15) is 0 Å². The van der Waals surface area contributed by atoms with E-state index in [-0.39, 0.29) is 0 Å². The summed E-state index contributed by atoms with van der Waals surface area (Å²) in [6.07, 6.45) is 0. The average Bonchev–Trinajstić information content (AvgIpc) is 3.83. The number of anilines is 3. The molecule has 0 bridgehead atoms. The van der Waals surface area contributed by atoms with Crippen LogP contribution in [-0.2, 0) is 0 Å². The predicted molar refractivity (Wildman–Crippen MR) is 242 cm³/mol. The lowest BCUT2D eigenvalue weighted by Crippen LogP contribution is -2.10. The highest BCUT2D eigenvalue weighted by atomic mass is 32.1. The molecule has 2 heterocycles. The molecule has 12 rings (SSSR count). The topological polar surface area (TPSA) is 3.24 Å². The summed E-state index contributed by atoms with van der Waals surface area (Å²) in [5.41, 5.74) is 5.82. The molecule has 3 heteroatoms. The summed E-state index contributed by atoms with van der Waals surface area (Å²) < 4.78 is 5.39. The molecule has 0 amide bonds. The molecule has 0 radical (unpaired) electrons. The number of fused-ring (bicyclic) bond motifs is 14. The van der Waals surface area contributed by atoms with Crippen molar-refractivity contribution in [1.82, 2.24) is 0 Å². The largest absolute Gasteiger partial charge is 0.310 e. The van der Waals surface area contributed by atoms with Crippen molar-refractivity contribution in [2.45, 2.75) is 0 Å². The molecule has 0 saturated carbocycles. The average molecular weight is 734 g/mol. The van der Waals surface area contributed by atoms with Crippen LogP contribution in [0.15, 0.2) is 188 Å². The molecule has 0 unspecified atom stereocenters. The molecule has 1 nitrogen and oxygen atoms in total. The molecular weight excluding hydrogens is 703 g/mol. The highest BCUT2D eigenvalue weighted by molar-refractivity contribution is 7.27. The molecule has 256 valence electrons. The van der Waals surface area contributed by atoms with Crippen LogP contribution in [0.1, 0.15) is 0 Å². The Morgan fingerprint density at radius 3 is 1.25 bits per heavy atom. The third kappa shape index (κ3) is 4.77. The number of rotatable bonds is 4. The van der Waals surface area contributed by atoms with Gasteiger partial charge in [-0.05, 0) is 92.0 Å². The number of benzene rings is 10. The van der Waals surface area contributed by atoms with Gasteiger partial charge in [-0.1, -0.05) is 140 Å². The smallest absolute Gasteiger partial charge is 0.0468 e. The van der Waals surface area contributed by atoms with Crippen LogP contribution in [-0.4, -0.2) is 0 Å². The number of hydrogen-bond donors (Lipinski definition) is 0. The zero-order valence-electron chi connectivity index (χ0n) is 29.7. The minimum atomic E-state index is 1.12. The first-order valence-corrected chi connectivity index (χ1v) is 20.4. The summed E-state index contributed by atoms with van der Waals surface area (Å²) in [6, 6.07) is 69.6. The molecule has 0 saturated heterocycles. The van der Waals surface area contributed by atoms with Crippen molar-refractivity contribution in [3.8, 4) is 11.1 Å². The number of hydrogen-bond acceptors (Lipinski definition) is 3. The van der Waals surface area contributed by atoms with Gasteiger partial charge >= 0.3 is 0 Å². The van der Waals surface area contributed by atoms with Crippen LogP contribution in [0.4, 0.5) is 17.1 Å². The van der Waals surface area contributed by atoms with Crippen LogP contribution < -0.4 is 4.90 Å². The second-order valence-electron chi connectivity index (χ2n) is 14.5. The van der Waals surface area contributed by atoms with E-state index in [2.05, 4.69) is 193 Å². The van der Waals surface area contributed by atoms with Gasteiger partial charge in [0.15, 0.2) is 0 Å². The fourth-order valence-corrected chi connectivity index (χ4v) is 11.3. The van der Waals surface area contributed by atoms with Crippen LogP contribution in [0.2, 0.25) is 0 Å². The zero-order valence-corrected chi connectivity index (χ0v) is 31.3. The summed E-state index contributed by atoms with van der Waals surface area (Å²) in [5, 5.41) is 15.6. The Labute approximate surface area is 325 Å². The maximum Gasteiger partial charge on any atom is 0.0468 e. The fraction of sp³-hybridized carbons (Fsp3) is 0. The molecule has 0 aliphatic carbocycles. The highest BCUT2D eigenvalue weighted by Crippen LogP contribution is 2.45. The molecule has 0 aliphatic heterocycles. The molecule has 55 heavy (non-hydrogen) atoms. The van der Waals surface area contributed by atoms with Crippen molar-refractivity contribution in [2.24, 2.45) is 0 Å². The van der Waals surface area contributed by atoms with Crippen LogP contribution in [0.3, 0.4) is 0 Å². The normalized spacial score (nSPS) is 12.0. The van der Waals surface area contributed by atoms with Gasteiger partial charge in [0.05, 0.1) is 0 Å².